The van der Waals surface area contributed by atoms with Gasteiger partial charge < -0.3 is 20.5 Å². The van der Waals surface area contributed by atoms with Crippen molar-refractivity contribution in [1.29, 1.82) is 0 Å². The molecule has 1 aliphatic rings. The van der Waals surface area contributed by atoms with Crippen LogP contribution in [-0.2, 0) is 13.0 Å². The zero-order valence-corrected chi connectivity index (χ0v) is 22.8. The zero-order chi connectivity index (χ0) is 28.1. The van der Waals surface area contributed by atoms with E-state index in [0.717, 1.165) is 54.7 Å². The lowest BCUT2D eigenvalue weighted by atomic mass is 10.0. The van der Waals surface area contributed by atoms with Gasteiger partial charge in [-0.2, -0.15) is 9.78 Å². The fraction of sp³-hybridized carbons (Fsp3) is 0.281. The van der Waals surface area contributed by atoms with E-state index in [9.17, 15) is 14.7 Å². The molecule has 0 spiro atoms. The van der Waals surface area contributed by atoms with Gasteiger partial charge in [-0.25, -0.2) is 4.79 Å². The monoisotopic (exact) mass is 538 g/mol. The molecule has 3 aromatic carbocycles. The third-order valence-electron chi connectivity index (χ3n) is 7.46. The van der Waals surface area contributed by atoms with E-state index >= 15 is 0 Å². The number of hydrogen-bond donors (Lipinski definition) is 3. The summed E-state index contributed by atoms with van der Waals surface area (Å²) in [5, 5.41) is 21.3. The van der Waals surface area contributed by atoms with Gasteiger partial charge in [0.1, 0.15) is 11.5 Å². The molecule has 0 aliphatic heterocycles. The summed E-state index contributed by atoms with van der Waals surface area (Å²) in [6.07, 6.45) is 5.11. The van der Waals surface area contributed by atoms with Crippen LogP contribution >= 0.6 is 0 Å². The molecule has 1 aliphatic carbocycles. The number of methoxy groups -OCH3 is 1. The van der Waals surface area contributed by atoms with Gasteiger partial charge in [0.2, 0.25) is 0 Å². The highest BCUT2D eigenvalue weighted by Crippen LogP contribution is 2.38. The first-order chi connectivity index (χ1) is 19.4. The van der Waals surface area contributed by atoms with E-state index in [4.69, 9.17) is 4.74 Å². The first-order valence-electron chi connectivity index (χ1n) is 13.7. The summed E-state index contributed by atoms with van der Waals surface area (Å²) in [6, 6.07) is 21.5. The number of ether oxygens (including phenoxy) is 1. The van der Waals surface area contributed by atoms with Gasteiger partial charge in [0.05, 0.1) is 18.5 Å². The molecular weight excluding hydrogens is 504 g/mol. The molecule has 4 aromatic rings. The van der Waals surface area contributed by atoms with Crippen LogP contribution in [0.25, 0.3) is 11.3 Å². The topological polar surface area (TPSA) is 105 Å². The first kappa shape index (κ1) is 27.0. The Morgan fingerprint density at radius 3 is 2.33 bits per heavy atom. The summed E-state index contributed by atoms with van der Waals surface area (Å²) < 4.78 is 6.64. The Kier molecular flexibility index (Phi) is 8.15. The molecule has 8 heteroatoms. The minimum Gasteiger partial charge on any atom is -0.507 e. The second kappa shape index (κ2) is 12.1. The molecular formula is C32H34N4O4. The number of aromatic hydroxyl groups is 1. The van der Waals surface area contributed by atoms with Crippen molar-refractivity contribution in [3.63, 3.8) is 0 Å². The predicted molar refractivity (Wildman–Crippen MR) is 155 cm³/mol. The Hall–Kier alpha value is -4.59. The van der Waals surface area contributed by atoms with Crippen LogP contribution < -0.4 is 15.4 Å². The van der Waals surface area contributed by atoms with Crippen LogP contribution in [-0.4, -0.2) is 33.9 Å². The summed E-state index contributed by atoms with van der Waals surface area (Å²) in [5.74, 6) is 0.704. The quantitative estimate of drug-likeness (QED) is 0.238. The van der Waals surface area contributed by atoms with E-state index in [-0.39, 0.29) is 23.6 Å². The molecule has 206 valence electrons. The van der Waals surface area contributed by atoms with Crippen LogP contribution in [0.2, 0.25) is 0 Å². The molecule has 40 heavy (non-hydrogen) atoms. The minimum absolute atomic E-state index is 0.0274. The molecule has 0 saturated heterocycles. The van der Waals surface area contributed by atoms with Crippen molar-refractivity contribution in [3.05, 3.63) is 95.2 Å². The van der Waals surface area contributed by atoms with Gasteiger partial charge >= 0.3 is 6.03 Å². The van der Waals surface area contributed by atoms with Crippen molar-refractivity contribution in [2.24, 2.45) is 0 Å². The molecule has 0 unspecified atom stereocenters. The molecule has 0 radical (unpaired) electrons. The summed E-state index contributed by atoms with van der Waals surface area (Å²) in [6.45, 7) is 2.41. The zero-order valence-electron chi connectivity index (χ0n) is 22.8. The smallest absolute Gasteiger partial charge is 0.342 e. The lowest BCUT2D eigenvalue weighted by Gasteiger charge is -2.12. The number of carbonyl (C=O) groups excluding carboxylic acids is 2. The third kappa shape index (κ3) is 6.01. The average molecular weight is 539 g/mol. The Morgan fingerprint density at radius 2 is 1.68 bits per heavy atom. The number of phenolic OH excluding ortho intramolecular Hbond substituents is 1. The molecule has 0 bridgehead atoms. The Labute approximate surface area is 234 Å². The minimum atomic E-state index is -0.318. The largest absolute Gasteiger partial charge is 0.507 e. The molecule has 2 amide bonds. The highest BCUT2D eigenvalue weighted by Gasteiger charge is 2.26. The predicted octanol–water partition coefficient (Wildman–Crippen LogP) is 6.49. The highest BCUT2D eigenvalue weighted by atomic mass is 16.5. The number of carbonyl (C=O) groups is 2. The number of aromatic nitrogens is 2. The van der Waals surface area contributed by atoms with Crippen molar-refractivity contribution < 1.29 is 19.4 Å². The van der Waals surface area contributed by atoms with Crippen LogP contribution in [0.3, 0.4) is 0 Å². The third-order valence-corrected chi connectivity index (χ3v) is 7.46. The van der Waals surface area contributed by atoms with Crippen molar-refractivity contribution in [2.75, 3.05) is 12.4 Å². The number of nitrogens with one attached hydrogen (secondary N) is 2. The van der Waals surface area contributed by atoms with Crippen molar-refractivity contribution in [1.82, 2.24) is 15.1 Å². The van der Waals surface area contributed by atoms with Crippen molar-refractivity contribution in [3.8, 4) is 22.8 Å². The van der Waals surface area contributed by atoms with Crippen LogP contribution in [0.5, 0.6) is 11.5 Å². The van der Waals surface area contributed by atoms with Gasteiger partial charge in [-0.05, 0) is 72.9 Å². The van der Waals surface area contributed by atoms with E-state index < -0.39 is 0 Å². The van der Waals surface area contributed by atoms with E-state index in [0.29, 0.717) is 29.1 Å². The molecule has 1 heterocycles. The maximum Gasteiger partial charge on any atom is 0.342 e. The summed E-state index contributed by atoms with van der Waals surface area (Å²) in [7, 11) is 1.62. The van der Waals surface area contributed by atoms with Crippen LogP contribution in [0, 0.1) is 0 Å². The van der Waals surface area contributed by atoms with Crippen LogP contribution in [0.1, 0.15) is 65.7 Å². The number of nitrogens with zero attached hydrogens (tertiary/aromatic N) is 2. The second-order valence-corrected chi connectivity index (χ2v) is 10.1. The van der Waals surface area contributed by atoms with Gasteiger partial charge in [0.25, 0.3) is 5.91 Å². The molecule has 5 rings (SSSR count). The van der Waals surface area contributed by atoms with E-state index in [1.54, 1.807) is 31.4 Å². The number of aryl methyl sites for hydroxylation is 1. The lowest BCUT2D eigenvalue weighted by molar-refractivity contribution is 0.102. The van der Waals surface area contributed by atoms with Gasteiger partial charge in [0.15, 0.2) is 0 Å². The molecule has 1 aromatic heterocycles. The summed E-state index contributed by atoms with van der Waals surface area (Å²) in [5.41, 5.74) is 4.95. The number of anilines is 1. The number of phenols is 1. The van der Waals surface area contributed by atoms with Crippen LogP contribution in [0.15, 0.2) is 72.8 Å². The second-order valence-electron chi connectivity index (χ2n) is 10.1. The number of hydrogen-bond acceptors (Lipinski definition) is 5. The maximum atomic E-state index is 13.3. The van der Waals surface area contributed by atoms with Crippen molar-refractivity contribution >= 4 is 17.6 Å². The van der Waals surface area contributed by atoms with Gasteiger partial charge in [-0.3, -0.25) is 4.79 Å². The Balaban J connectivity index is 1.34. The number of amides is 2. The summed E-state index contributed by atoms with van der Waals surface area (Å²) >= 11 is 0. The van der Waals surface area contributed by atoms with E-state index in [1.807, 2.05) is 42.5 Å². The van der Waals surface area contributed by atoms with Gasteiger partial charge in [0, 0.05) is 35.3 Å². The summed E-state index contributed by atoms with van der Waals surface area (Å²) in [4.78, 5) is 25.9. The highest BCUT2D eigenvalue weighted by molar-refractivity contribution is 6.04. The fourth-order valence-corrected chi connectivity index (χ4v) is 5.12. The molecule has 3 N–H and O–H groups in total. The Morgan fingerprint density at radius 1 is 0.975 bits per heavy atom. The normalized spacial score (nSPS) is 13.2. The lowest BCUT2D eigenvalue weighted by Crippen LogP contribution is -2.30. The van der Waals surface area contributed by atoms with Crippen molar-refractivity contribution in [2.45, 2.75) is 51.5 Å². The van der Waals surface area contributed by atoms with Gasteiger partial charge in [-0.15, -0.1) is 0 Å². The average Bonchev–Trinajstić information content (AvgIpc) is 3.67. The van der Waals surface area contributed by atoms with Gasteiger partial charge in [-0.1, -0.05) is 44.0 Å². The Bertz CT molecular complexity index is 1490. The number of rotatable bonds is 8. The number of benzene rings is 3. The molecule has 1 fully saturated rings. The van der Waals surface area contributed by atoms with E-state index in [1.165, 1.54) is 10.7 Å². The molecule has 8 nitrogen and oxygen atoms in total. The van der Waals surface area contributed by atoms with E-state index in [2.05, 4.69) is 22.7 Å². The maximum absolute atomic E-state index is 13.3. The SMILES string of the molecule is CCc1ccc(C(=O)Nc2ccc(-c3cc(C4CCCC4)n(C(=O)NCc4ccc(OC)cc4)n3)c(O)c2)cc1. The molecule has 0 atom stereocenters. The first-order valence-corrected chi connectivity index (χ1v) is 13.7. The molecule has 1 saturated carbocycles. The fourth-order valence-electron chi connectivity index (χ4n) is 5.12. The van der Waals surface area contributed by atoms with Crippen LogP contribution in [0.4, 0.5) is 10.5 Å². The standard InChI is InChI=1S/C32H34N4O4/c1-3-21-8-12-24(13-9-21)31(38)34-25-14-17-27(30(37)18-25)28-19-29(23-6-4-5-7-23)36(35-28)32(39)33-20-22-10-15-26(40-2)16-11-22/h8-19,23,37H,3-7,20H2,1-2H3,(H,33,39)(H,34,38).